The summed E-state index contributed by atoms with van der Waals surface area (Å²) in [6, 6.07) is 5.92. The first-order valence-corrected chi connectivity index (χ1v) is 5.61. The summed E-state index contributed by atoms with van der Waals surface area (Å²) < 4.78 is 0. The van der Waals surface area contributed by atoms with E-state index in [2.05, 4.69) is 20.8 Å². The van der Waals surface area contributed by atoms with Gasteiger partial charge in [-0.3, -0.25) is 0 Å². The highest BCUT2D eigenvalue weighted by Gasteiger charge is 2.12. The number of nitrogen functional groups attached to an aromatic ring is 1. The highest BCUT2D eigenvalue weighted by molar-refractivity contribution is 5.49. The van der Waals surface area contributed by atoms with E-state index in [-0.39, 0.29) is 0 Å². The van der Waals surface area contributed by atoms with Gasteiger partial charge >= 0.3 is 0 Å². The minimum Gasteiger partial charge on any atom is -0.398 e. The summed E-state index contributed by atoms with van der Waals surface area (Å²) in [5, 5.41) is 10.0. The summed E-state index contributed by atoms with van der Waals surface area (Å²) in [5.74, 6) is 0.477. The average Bonchev–Trinajstić information content (AvgIpc) is 2.17. The third-order valence-electron chi connectivity index (χ3n) is 2.61. The van der Waals surface area contributed by atoms with E-state index < -0.39 is 6.10 Å². The van der Waals surface area contributed by atoms with Crippen molar-refractivity contribution < 1.29 is 5.11 Å². The van der Waals surface area contributed by atoms with Gasteiger partial charge in [-0.2, -0.15) is 0 Å². The Bertz CT molecular complexity index is 320. The number of anilines is 1. The van der Waals surface area contributed by atoms with Crippen LogP contribution in [0.3, 0.4) is 0 Å². The van der Waals surface area contributed by atoms with E-state index in [1.165, 1.54) is 5.56 Å². The van der Waals surface area contributed by atoms with Crippen LogP contribution in [-0.4, -0.2) is 5.11 Å². The fourth-order valence-electron chi connectivity index (χ4n) is 1.71. The number of hydrogen-bond acceptors (Lipinski definition) is 2. The van der Waals surface area contributed by atoms with E-state index in [1.54, 1.807) is 0 Å². The Morgan fingerprint density at radius 1 is 1.33 bits per heavy atom. The maximum atomic E-state index is 10.0. The molecule has 1 atom stereocenters. The lowest BCUT2D eigenvalue weighted by atomic mass is 9.96. The molecule has 0 radical (unpaired) electrons. The van der Waals surface area contributed by atoms with E-state index in [4.69, 9.17) is 5.73 Å². The number of aliphatic hydroxyl groups excluding tert-OH is 1. The predicted octanol–water partition coefficient (Wildman–Crippen LogP) is 2.91. The van der Waals surface area contributed by atoms with Crippen LogP contribution < -0.4 is 5.73 Å². The van der Waals surface area contributed by atoms with Crippen molar-refractivity contribution in [1.29, 1.82) is 0 Å². The predicted molar refractivity (Wildman–Crippen MR) is 64.6 cm³/mol. The summed E-state index contributed by atoms with van der Waals surface area (Å²) in [6.07, 6.45) is 1.30. The molecule has 1 rings (SSSR count). The van der Waals surface area contributed by atoms with Crippen LogP contribution in [0.2, 0.25) is 0 Å². The molecule has 1 unspecified atom stereocenters. The summed E-state index contributed by atoms with van der Waals surface area (Å²) in [4.78, 5) is 0. The topological polar surface area (TPSA) is 46.2 Å². The summed E-state index contributed by atoms with van der Waals surface area (Å²) in [6.45, 7) is 6.30. The van der Waals surface area contributed by atoms with Gasteiger partial charge in [0.25, 0.3) is 0 Å². The van der Waals surface area contributed by atoms with Crippen LogP contribution >= 0.6 is 0 Å². The van der Waals surface area contributed by atoms with Crippen LogP contribution in [0.1, 0.15) is 44.4 Å². The smallest absolute Gasteiger partial charge is 0.0812 e. The fourth-order valence-corrected chi connectivity index (χ4v) is 1.71. The lowest BCUT2D eigenvalue weighted by molar-refractivity contribution is 0.151. The van der Waals surface area contributed by atoms with E-state index in [1.807, 2.05) is 18.2 Å². The molecule has 0 aliphatic carbocycles. The minimum absolute atomic E-state index is 0.434. The van der Waals surface area contributed by atoms with Gasteiger partial charge in [0.1, 0.15) is 0 Å². The van der Waals surface area contributed by atoms with Crippen LogP contribution in [-0.2, 0) is 6.42 Å². The number of aliphatic hydroxyl groups is 1. The first-order chi connectivity index (χ1) is 7.04. The van der Waals surface area contributed by atoms with E-state index in [0.717, 1.165) is 18.4 Å². The number of hydrogen-bond donors (Lipinski definition) is 2. The first kappa shape index (κ1) is 12.1. The van der Waals surface area contributed by atoms with Crippen LogP contribution in [0.5, 0.6) is 0 Å². The van der Waals surface area contributed by atoms with Crippen LogP contribution in [0.4, 0.5) is 5.69 Å². The second-order valence-electron chi connectivity index (χ2n) is 4.46. The molecule has 15 heavy (non-hydrogen) atoms. The van der Waals surface area contributed by atoms with Gasteiger partial charge in [0.15, 0.2) is 0 Å². The van der Waals surface area contributed by atoms with Crippen molar-refractivity contribution in [3.63, 3.8) is 0 Å². The Kier molecular flexibility index (Phi) is 4.15. The van der Waals surface area contributed by atoms with Crippen LogP contribution in [0.25, 0.3) is 0 Å². The maximum absolute atomic E-state index is 10.0. The highest BCUT2D eigenvalue weighted by Crippen LogP contribution is 2.26. The summed E-state index contributed by atoms with van der Waals surface area (Å²) in [5.41, 5.74) is 8.66. The Morgan fingerprint density at radius 2 is 2.00 bits per heavy atom. The zero-order valence-electron chi connectivity index (χ0n) is 9.83. The number of nitrogens with two attached hydrogens (primary N) is 1. The standard InChI is InChI=1S/C13H21NO/c1-4-10-5-6-12(14)11(8-10)13(15)7-9(2)3/h5-6,8-9,13,15H,4,7,14H2,1-3H3. The van der Waals surface area contributed by atoms with Crippen molar-refractivity contribution in [2.24, 2.45) is 5.92 Å². The first-order valence-electron chi connectivity index (χ1n) is 5.61. The molecule has 0 spiro atoms. The fraction of sp³-hybridized carbons (Fsp3) is 0.538. The number of benzene rings is 1. The second-order valence-corrected chi connectivity index (χ2v) is 4.46. The second kappa shape index (κ2) is 5.17. The van der Waals surface area contributed by atoms with Gasteiger partial charge in [-0.25, -0.2) is 0 Å². The third kappa shape index (κ3) is 3.24. The van der Waals surface area contributed by atoms with Gasteiger partial charge in [0, 0.05) is 11.3 Å². The van der Waals surface area contributed by atoms with Crippen molar-refractivity contribution in [3.05, 3.63) is 29.3 Å². The molecule has 0 bridgehead atoms. The average molecular weight is 207 g/mol. The van der Waals surface area contributed by atoms with Gasteiger partial charge in [0.05, 0.1) is 6.10 Å². The van der Waals surface area contributed by atoms with Gasteiger partial charge in [-0.1, -0.05) is 32.9 Å². The molecule has 2 heteroatoms. The normalized spacial score (nSPS) is 13.1. The molecule has 0 aliphatic rings. The molecule has 3 N–H and O–H groups in total. The lowest BCUT2D eigenvalue weighted by Gasteiger charge is -2.16. The van der Waals surface area contributed by atoms with Crippen molar-refractivity contribution in [2.75, 3.05) is 5.73 Å². The molecule has 0 aliphatic heterocycles. The zero-order chi connectivity index (χ0) is 11.4. The third-order valence-corrected chi connectivity index (χ3v) is 2.61. The molecular formula is C13H21NO. The summed E-state index contributed by atoms with van der Waals surface area (Å²) >= 11 is 0. The van der Waals surface area contributed by atoms with Gasteiger partial charge in [-0.05, 0) is 30.4 Å². The van der Waals surface area contributed by atoms with Crippen LogP contribution in [0, 0.1) is 5.92 Å². The maximum Gasteiger partial charge on any atom is 0.0812 e. The molecule has 1 aromatic rings. The molecule has 0 amide bonds. The van der Waals surface area contributed by atoms with E-state index >= 15 is 0 Å². The molecule has 84 valence electrons. The van der Waals surface area contributed by atoms with E-state index in [0.29, 0.717) is 11.6 Å². The monoisotopic (exact) mass is 207 g/mol. The lowest BCUT2D eigenvalue weighted by Crippen LogP contribution is -2.06. The largest absolute Gasteiger partial charge is 0.398 e. The molecule has 0 saturated heterocycles. The van der Waals surface area contributed by atoms with Crippen molar-refractivity contribution in [2.45, 2.75) is 39.7 Å². The van der Waals surface area contributed by atoms with Gasteiger partial charge in [-0.15, -0.1) is 0 Å². The summed E-state index contributed by atoms with van der Waals surface area (Å²) in [7, 11) is 0. The van der Waals surface area contributed by atoms with Crippen molar-refractivity contribution in [1.82, 2.24) is 0 Å². The van der Waals surface area contributed by atoms with E-state index in [9.17, 15) is 5.11 Å². The molecule has 0 aromatic heterocycles. The molecule has 1 aromatic carbocycles. The number of aryl methyl sites for hydroxylation is 1. The molecule has 0 saturated carbocycles. The zero-order valence-corrected chi connectivity index (χ0v) is 9.83. The molecule has 2 nitrogen and oxygen atoms in total. The van der Waals surface area contributed by atoms with Gasteiger partial charge < -0.3 is 10.8 Å². The number of rotatable bonds is 4. The minimum atomic E-state index is -0.434. The quantitative estimate of drug-likeness (QED) is 0.746. The Hall–Kier alpha value is -1.02. The Balaban J connectivity index is 2.91. The molecule has 0 heterocycles. The SMILES string of the molecule is CCc1ccc(N)c(C(O)CC(C)C)c1. The Labute approximate surface area is 92.1 Å². The molecular weight excluding hydrogens is 186 g/mol. The van der Waals surface area contributed by atoms with Gasteiger partial charge in [0.2, 0.25) is 0 Å². The van der Waals surface area contributed by atoms with Crippen LogP contribution in [0.15, 0.2) is 18.2 Å². The Morgan fingerprint density at radius 3 is 2.53 bits per heavy atom. The highest BCUT2D eigenvalue weighted by atomic mass is 16.3. The van der Waals surface area contributed by atoms with Crippen molar-refractivity contribution in [3.8, 4) is 0 Å². The van der Waals surface area contributed by atoms with Crippen molar-refractivity contribution >= 4 is 5.69 Å². The molecule has 0 fully saturated rings.